The number of nitrogens with zero attached hydrogens (tertiary/aromatic N) is 2. The Kier molecular flexibility index (Phi) is 7.38. The summed E-state index contributed by atoms with van der Waals surface area (Å²) in [5, 5.41) is 0.528. The lowest BCUT2D eigenvalue weighted by molar-refractivity contribution is 0.0536. The molecule has 0 amide bonds. The predicted molar refractivity (Wildman–Crippen MR) is 159 cm³/mol. The van der Waals surface area contributed by atoms with Gasteiger partial charge < -0.3 is 14.4 Å². The molecule has 0 saturated carbocycles. The maximum absolute atomic E-state index is 14.2. The third-order valence-electron chi connectivity index (χ3n) is 6.63. The molecular weight excluding hydrogens is 572 g/mol. The second-order valence-electron chi connectivity index (χ2n) is 10.5. The van der Waals surface area contributed by atoms with Crippen molar-refractivity contribution in [3.8, 4) is 5.75 Å². The van der Waals surface area contributed by atoms with E-state index in [1.165, 1.54) is 4.57 Å². The van der Waals surface area contributed by atoms with Crippen LogP contribution >= 0.6 is 15.9 Å². The Labute approximate surface area is 241 Å². The summed E-state index contributed by atoms with van der Waals surface area (Å²) in [5.74, 6) is 0.00203. The number of hydrogen-bond donors (Lipinski definition) is 0. The number of Topliss-reactive ketones (excluding diaryl/α,β-unsaturated/α-hetero) is 2. The minimum absolute atomic E-state index is 0.0116. The van der Waals surface area contributed by atoms with Crippen molar-refractivity contribution >= 4 is 50.2 Å². The fraction of sp³-hybridized carbons (Fsp3) is 0.219. The molecule has 5 rings (SSSR count). The lowest BCUT2D eigenvalue weighted by atomic mass is 9.92. The van der Waals surface area contributed by atoms with Crippen LogP contribution in [0.1, 0.15) is 47.2 Å². The average Bonchev–Trinajstić information content (AvgIpc) is 3.29. The van der Waals surface area contributed by atoms with E-state index in [0.29, 0.717) is 23.0 Å². The summed E-state index contributed by atoms with van der Waals surface area (Å²) in [5.41, 5.74) is 2.11. The zero-order valence-electron chi connectivity index (χ0n) is 22.7. The fourth-order valence-electron chi connectivity index (χ4n) is 4.83. The van der Waals surface area contributed by atoms with Gasteiger partial charge in [0.15, 0.2) is 5.78 Å². The highest BCUT2D eigenvalue weighted by Crippen LogP contribution is 2.38. The van der Waals surface area contributed by atoms with Crippen LogP contribution in [0, 0.1) is 0 Å². The van der Waals surface area contributed by atoms with Crippen LogP contribution in [-0.4, -0.2) is 41.5 Å². The van der Waals surface area contributed by atoms with Crippen molar-refractivity contribution in [2.24, 2.45) is 0 Å². The molecule has 0 bridgehead atoms. The molecule has 0 aliphatic heterocycles. The Bertz CT molecular complexity index is 1650. The molecule has 3 aromatic carbocycles. The molecule has 0 unspecified atom stereocenters. The van der Waals surface area contributed by atoms with E-state index in [-0.39, 0.29) is 28.1 Å². The number of para-hydroxylation sites is 2. The first-order valence-electron chi connectivity index (χ1n) is 12.9. The smallest absolute Gasteiger partial charge is 0.419 e. The Balaban J connectivity index is 1.58. The van der Waals surface area contributed by atoms with Crippen molar-refractivity contribution in [1.29, 1.82) is 0 Å². The van der Waals surface area contributed by atoms with Gasteiger partial charge >= 0.3 is 6.09 Å². The summed E-state index contributed by atoms with van der Waals surface area (Å²) in [6.07, 6.45) is -0.708. The second kappa shape index (κ2) is 10.8. The number of ketones is 2. The van der Waals surface area contributed by atoms with E-state index < -0.39 is 17.5 Å². The number of anilines is 1. The average molecular weight is 601 g/mol. The molecule has 4 aromatic rings. The van der Waals surface area contributed by atoms with E-state index in [9.17, 15) is 14.4 Å². The monoisotopic (exact) mass is 600 g/mol. The van der Waals surface area contributed by atoms with Gasteiger partial charge in [0.05, 0.1) is 22.7 Å². The van der Waals surface area contributed by atoms with Crippen LogP contribution in [0.5, 0.6) is 5.75 Å². The number of hydrogen-bond acceptors (Lipinski definition) is 6. The molecule has 1 aliphatic rings. The molecule has 8 heteroatoms. The number of rotatable bonds is 6. The molecule has 0 atom stereocenters. The number of allylic oxidation sites excluding steroid dienone is 1. The van der Waals surface area contributed by atoms with Crippen molar-refractivity contribution in [2.75, 3.05) is 18.6 Å². The van der Waals surface area contributed by atoms with Crippen molar-refractivity contribution in [2.45, 2.75) is 32.9 Å². The SMILES string of the molecule is COc1ccc(CN(CC2=C(Br)C(=O)c3c(c4ccccc4n3C(=O)OC(C)(C)C)C2=O)c2ccccc2)cc1. The summed E-state index contributed by atoms with van der Waals surface area (Å²) in [6.45, 7) is 5.93. The molecule has 204 valence electrons. The third-order valence-corrected chi connectivity index (χ3v) is 7.47. The summed E-state index contributed by atoms with van der Waals surface area (Å²) >= 11 is 3.44. The van der Waals surface area contributed by atoms with Crippen LogP contribution in [0.2, 0.25) is 0 Å². The maximum Gasteiger partial charge on any atom is 0.419 e. The number of aromatic nitrogens is 1. The lowest BCUT2D eigenvalue weighted by Gasteiger charge is -2.28. The minimum atomic E-state index is -0.785. The zero-order chi connectivity index (χ0) is 28.6. The van der Waals surface area contributed by atoms with E-state index in [0.717, 1.165) is 17.0 Å². The Morgan fingerprint density at radius 1 is 0.875 bits per heavy atom. The highest BCUT2D eigenvalue weighted by atomic mass is 79.9. The Hall–Kier alpha value is -4.17. The Morgan fingerprint density at radius 3 is 2.17 bits per heavy atom. The molecule has 1 aromatic heterocycles. The van der Waals surface area contributed by atoms with E-state index >= 15 is 0 Å². The first kappa shape index (κ1) is 27.4. The van der Waals surface area contributed by atoms with Gasteiger partial charge in [-0.1, -0.05) is 48.5 Å². The lowest BCUT2D eigenvalue weighted by Crippen LogP contribution is -2.33. The van der Waals surface area contributed by atoms with Gasteiger partial charge in [-0.05, 0) is 72.6 Å². The van der Waals surface area contributed by atoms with E-state index in [4.69, 9.17) is 9.47 Å². The van der Waals surface area contributed by atoms with Crippen molar-refractivity contribution in [3.05, 3.63) is 106 Å². The number of benzene rings is 3. The molecule has 7 nitrogen and oxygen atoms in total. The van der Waals surface area contributed by atoms with Gasteiger partial charge in [-0.2, -0.15) is 0 Å². The van der Waals surface area contributed by atoms with E-state index in [2.05, 4.69) is 15.9 Å². The van der Waals surface area contributed by atoms with Gasteiger partial charge in [-0.15, -0.1) is 0 Å². The number of carbonyl (C=O) groups is 3. The van der Waals surface area contributed by atoms with E-state index in [1.807, 2.05) is 59.5 Å². The number of ether oxygens (including phenoxy) is 2. The third kappa shape index (κ3) is 5.19. The van der Waals surface area contributed by atoms with Gasteiger partial charge in [-0.25, -0.2) is 9.36 Å². The van der Waals surface area contributed by atoms with Crippen LogP contribution in [0.15, 0.2) is 88.9 Å². The predicted octanol–water partition coefficient (Wildman–Crippen LogP) is 7.17. The largest absolute Gasteiger partial charge is 0.497 e. The number of carbonyl (C=O) groups excluding carboxylic acids is 3. The van der Waals surface area contributed by atoms with Crippen LogP contribution in [0.4, 0.5) is 10.5 Å². The number of halogens is 1. The van der Waals surface area contributed by atoms with Gasteiger partial charge in [-0.3, -0.25) is 9.59 Å². The molecule has 1 heterocycles. The highest BCUT2D eigenvalue weighted by molar-refractivity contribution is 9.12. The molecular formula is C32H29BrN2O5. The Morgan fingerprint density at radius 2 is 1.52 bits per heavy atom. The maximum atomic E-state index is 14.2. The summed E-state index contributed by atoms with van der Waals surface area (Å²) in [4.78, 5) is 43.4. The quantitative estimate of drug-likeness (QED) is 0.233. The molecule has 40 heavy (non-hydrogen) atoms. The van der Waals surface area contributed by atoms with Crippen molar-refractivity contribution in [1.82, 2.24) is 4.57 Å². The molecule has 0 fully saturated rings. The normalized spacial score (nSPS) is 13.4. The number of methoxy groups -OCH3 is 1. The van der Waals surface area contributed by atoms with Crippen LogP contribution in [-0.2, 0) is 11.3 Å². The fourth-order valence-corrected chi connectivity index (χ4v) is 5.33. The van der Waals surface area contributed by atoms with Gasteiger partial charge in [0, 0.05) is 29.7 Å². The number of fused-ring (bicyclic) bond motifs is 3. The molecule has 0 radical (unpaired) electrons. The summed E-state index contributed by atoms with van der Waals surface area (Å²) < 4.78 is 12.3. The van der Waals surface area contributed by atoms with Gasteiger partial charge in [0.25, 0.3) is 0 Å². The first-order valence-corrected chi connectivity index (χ1v) is 13.7. The van der Waals surface area contributed by atoms with Crippen molar-refractivity contribution < 1.29 is 23.9 Å². The van der Waals surface area contributed by atoms with E-state index in [1.54, 1.807) is 52.1 Å². The second-order valence-corrected chi connectivity index (χ2v) is 11.3. The summed E-state index contributed by atoms with van der Waals surface area (Å²) in [7, 11) is 1.62. The van der Waals surface area contributed by atoms with Crippen molar-refractivity contribution in [3.63, 3.8) is 0 Å². The molecule has 1 aliphatic carbocycles. The van der Waals surface area contributed by atoms with Crippen LogP contribution in [0.3, 0.4) is 0 Å². The summed E-state index contributed by atoms with van der Waals surface area (Å²) in [6, 6.07) is 24.5. The standard InChI is InChI=1S/C32H29BrN2O5/c1-32(2,3)40-31(38)35-25-13-9-8-12-23(25)26-28(35)30(37)27(33)24(29(26)36)19-34(21-10-6-5-7-11-21)18-20-14-16-22(39-4)17-15-20/h5-17H,18-19H2,1-4H3. The topological polar surface area (TPSA) is 77.8 Å². The molecule has 0 spiro atoms. The zero-order valence-corrected chi connectivity index (χ0v) is 24.3. The molecule has 0 saturated heterocycles. The van der Waals surface area contributed by atoms with Gasteiger partial charge in [0.1, 0.15) is 17.0 Å². The van der Waals surface area contributed by atoms with Gasteiger partial charge in [0.2, 0.25) is 5.78 Å². The first-order chi connectivity index (χ1) is 19.1. The van der Waals surface area contributed by atoms with Crippen LogP contribution in [0.25, 0.3) is 10.9 Å². The molecule has 0 N–H and O–H groups in total. The van der Waals surface area contributed by atoms with Crippen LogP contribution < -0.4 is 9.64 Å². The highest BCUT2D eigenvalue weighted by Gasteiger charge is 2.39. The minimum Gasteiger partial charge on any atom is -0.497 e.